The average molecular weight is 294 g/mol. The fraction of sp³-hybridized carbons (Fsp3) is 0.667. The third-order valence-electron chi connectivity index (χ3n) is 4.35. The summed E-state index contributed by atoms with van der Waals surface area (Å²) in [5.41, 5.74) is 1.32. The molecule has 4 nitrogen and oxygen atoms in total. The zero-order valence-corrected chi connectivity index (χ0v) is 12.7. The molecule has 1 aliphatic heterocycles. The smallest absolute Gasteiger partial charge is 0.237 e. The van der Waals surface area contributed by atoms with E-state index in [2.05, 4.69) is 16.3 Å². The predicted octanol–water partition coefficient (Wildman–Crippen LogP) is 1.34. The Kier molecular flexibility index (Phi) is 4.10. The lowest BCUT2D eigenvalue weighted by molar-refractivity contribution is -0.133. The van der Waals surface area contributed by atoms with Crippen molar-refractivity contribution in [2.45, 2.75) is 31.9 Å². The number of thiophene rings is 1. The Balaban J connectivity index is 1.47. The van der Waals surface area contributed by atoms with Gasteiger partial charge >= 0.3 is 0 Å². The van der Waals surface area contributed by atoms with Crippen LogP contribution in [0.4, 0.5) is 0 Å². The topological polar surface area (TPSA) is 43.8 Å². The summed E-state index contributed by atoms with van der Waals surface area (Å²) in [6.45, 7) is 3.03. The maximum Gasteiger partial charge on any atom is 0.237 e. The number of rotatable bonds is 4. The molecule has 2 aliphatic rings. The molecule has 110 valence electrons. The van der Waals surface area contributed by atoms with Crippen LogP contribution in [0.5, 0.6) is 0 Å². The molecule has 1 N–H and O–H groups in total. The maximum absolute atomic E-state index is 12.3. The van der Waals surface area contributed by atoms with E-state index in [1.807, 2.05) is 11.9 Å². The number of hydrogen-bond donors (Lipinski definition) is 1. The van der Waals surface area contributed by atoms with Crippen LogP contribution in [0, 0.1) is 5.92 Å². The molecule has 1 aliphatic carbocycles. The largest absolute Gasteiger partial charge is 0.393 e. The molecule has 0 saturated heterocycles. The average Bonchev–Trinajstić information content (AvgIpc) is 2.83. The second-order valence-electron chi connectivity index (χ2n) is 6.12. The third kappa shape index (κ3) is 3.05. The Bertz CT molecular complexity index is 482. The molecule has 1 fully saturated rings. The summed E-state index contributed by atoms with van der Waals surface area (Å²) in [6.07, 6.45) is 2.67. The van der Waals surface area contributed by atoms with Gasteiger partial charge in [0.15, 0.2) is 0 Å². The Morgan fingerprint density at radius 2 is 2.35 bits per heavy atom. The normalized spacial score (nSPS) is 25.4. The zero-order valence-electron chi connectivity index (χ0n) is 11.9. The number of nitrogens with zero attached hydrogens (tertiary/aromatic N) is 2. The summed E-state index contributed by atoms with van der Waals surface area (Å²) in [6, 6.07) is 2.14. The van der Waals surface area contributed by atoms with Gasteiger partial charge in [0.2, 0.25) is 5.91 Å². The van der Waals surface area contributed by atoms with Crippen LogP contribution in [0.25, 0.3) is 0 Å². The SMILES string of the molecule is CN(CC(=O)N1CCc2sccc2C1)CC1CC(O)C1. The monoisotopic (exact) mass is 294 g/mol. The van der Waals surface area contributed by atoms with E-state index in [9.17, 15) is 9.90 Å². The number of hydrogen-bond acceptors (Lipinski definition) is 4. The van der Waals surface area contributed by atoms with E-state index in [0.717, 1.165) is 38.9 Å². The Hall–Kier alpha value is -0.910. The molecule has 0 unspecified atom stereocenters. The van der Waals surface area contributed by atoms with Crippen LogP contribution < -0.4 is 0 Å². The lowest BCUT2D eigenvalue weighted by Crippen LogP contribution is -2.44. The second-order valence-corrected chi connectivity index (χ2v) is 7.12. The number of likely N-dealkylation sites (N-methyl/N-ethyl adjacent to an activating group) is 1. The van der Waals surface area contributed by atoms with Crippen molar-refractivity contribution in [1.82, 2.24) is 9.80 Å². The van der Waals surface area contributed by atoms with Crippen LogP contribution >= 0.6 is 11.3 Å². The quantitative estimate of drug-likeness (QED) is 0.911. The van der Waals surface area contributed by atoms with Gasteiger partial charge in [0.1, 0.15) is 0 Å². The van der Waals surface area contributed by atoms with Gasteiger partial charge in [0.05, 0.1) is 12.6 Å². The summed E-state index contributed by atoms with van der Waals surface area (Å²) in [5.74, 6) is 0.789. The number of amides is 1. The lowest BCUT2D eigenvalue weighted by atomic mass is 9.82. The Morgan fingerprint density at radius 1 is 1.55 bits per heavy atom. The molecular formula is C15H22N2O2S. The number of aliphatic hydroxyl groups excluding tert-OH is 1. The molecule has 3 rings (SSSR count). The molecule has 0 bridgehead atoms. The summed E-state index contributed by atoms with van der Waals surface area (Å²) in [5, 5.41) is 11.4. The molecule has 1 saturated carbocycles. The Labute approximate surface area is 124 Å². The molecule has 2 heterocycles. The molecule has 5 heteroatoms. The predicted molar refractivity (Wildman–Crippen MR) is 79.7 cm³/mol. The summed E-state index contributed by atoms with van der Waals surface area (Å²) in [4.78, 5) is 17.8. The van der Waals surface area contributed by atoms with Gasteiger partial charge in [-0.1, -0.05) is 0 Å². The van der Waals surface area contributed by atoms with E-state index in [0.29, 0.717) is 12.5 Å². The Morgan fingerprint density at radius 3 is 3.10 bits per heavy atom. The van der Waals surface area contributed by atoms with Gasteiger partial charge in [-0.3, -0.25) is 9.69 Å². The molecule has 0 aromatic carbocycles. The minimum absolute atomic E-state index is 0.108. The van der Waals surface area contributed by atoms with Gasteiger partial charge in [-0.25, -0.2) is 0 Å². The molecule has 1 aromatic rings. The van der Waals surface area contributed by atoms with Gasteiger partial charge in [-0.2, -0.15) is 0 Å². The van der Waals surface area contributed by atoms with E-state index in [4.69, 9.17) is 0 Å². The lowest BCUT2D eigenvalue weighted by Gasteiger charge is -2.35. The van der Waals surface area contributed by atoms with Crippen molar-refractivity contribution in [2.24, 2.45) is 5.92 Å². The van der Waals surface area contributed by atoms with Gasteiger partial charge in [0, 0.05) is 24.5 Å². The molecule has 20 heavy (non-hydrogen) atoms. The first kappa shape index (κ1) is 14.0. The van der Waals surface area contributed by atoms with Gasteiger partial charge in [0.25, 0.3) is 0 Å². The minimum atomic E-state index is -0.108. The summed E-state index contributed by atoms with van der Waals surface area (Å²) >= 11 is 1.80. The van der Waals surface area contributed by atoms with Crippen molar-refractivity contribution in [2.75, 3.05) is 26.7 Å². The first-order valence-electron chi connectivity index (χ1n) is 7.31. The van der Waals surface area contributed by atoms with Crippen LogP contribution in [0.15, 0.2) is 11.4 Å². The summed E-state index contributed by atoms with van der Waals surface area (Å²) in [7, 11) is 2.00. The second kappa shape index (κ2) is 5.84. The van der Waals surface area contributed by atoms with E-state index in [-0.39, 0.29) is 12.0 Å². The van der Waals surface area contributed by atoms with E-state index >= 15 is 0 Å². The van der Waals surface area contributed by atoms with Crippen molar-refractivity contribution >= 4 is 17.2 Å². The van der Waals surface area contributed by atoms with Crippen molar-refractivity contribution < 1.29 is 9.90 Å². The molecule has 0 spiro atoms. The molecule has 1 aromatic heterocycles. The number of carbonyl (C=O) groups excluding carboxylic acids is 1. The van der Waals surface area contributed by atoms with E-state index < -0.39 is 0 Å². The van der Waals surface area contributed by atoms with Crippen LogP contribution in [-0.4, -0.2) is 53.6 Å². The zero-order chi connectivity index (χ0) is 14.1. The highest BCUT2D eigenvalue weighted by Gasteiger charge is 2.29. The molecular weight excluding hydrogens is 272 g/mol. The van der Waals surface area contributed by atoms with Crippen LogP contribution in [0.2, 0.25) is 0 Å². The van der Waals surface area contributed by atoms with Crippen molar-refractivity contribution in [3.8, 4) is 0 Å². The highest BCUT2D eigenvalue weighted by atomic mass is 32.1. The number of fused-ring (bicyclic) bond motifs is 1. The number of carbonyl (C=O) groups is 1. The highest BCUT2D eigenvalue weighted by molar-refractivity contribution is 7.10. The van der Waals surface area contributed by atoms with Crippen molar-refractivity contribution in [1.29, 1.82) is 0 Å². The third-order valence-corrected chi connectivity index (χ3v) is 5.37. The fourth-order valence-corrected chi connectivity index (χ4v) is 4.04. The first-order chi connectivity index (χ1) is 9.61. The van der Waals surface area contributed by atoms with Crippen molar-refractivity contribution in [3.05, 3.63) is 21.9 Å². The van der Waals surface area contributed by atoms with E-state index in [1.165, 1.54) is 10.4 Å². The van der Waals surface area contributed by atoms with Crippen LogP contribution in [-0.2, 0) is 17.8 Å². The minimum Gasteiger partial charge on any atom is -0.393 e. The highest BCUT2D eigenvalue weighted by Crippen LogP contribution is 2.28. The first-order valence-corrected chi connectivity index (χ1v) is 8.19. The fourth-order valence-electron chi connectivity index (χ4n) is 3.15. The van der Waals surface area contributed by atoms with E-state index in [1.54, 1.807) is 11.3 Å². The molecule has 0 atom stereocenters. The summed E-state index contributed by atoms with van der Waals surface area (Å²) < 4.78 is 0. The number of aliphatic hydroxyl groups is 1. The van der Waals surface area contributed by atoms with Crippen molar-refractivity contribution in [3.63, 3.8) is 0 Å². The maximum atomic E-state index is 12.3. The van der Waals surface area contributed by atoms with Crippen LogP contribution in [0.1, 0.15) is 23.3 Å². The van der Waals surface area contributed by atoms with Crippen LogP contribution in [0.3, 0.4) is 0 Å². The van der Waals surface area contributed by atoms with Gasteiger partial charge in [-0.05, 0) is 49.2 Å². The van der Waals surface area contributed by atoms with Gasteiger partial charge < -0.3 is 10.0 Å². The molecule has 1 amide bonds. The standard InChI is InChI=1S/C15H22N2O2S/c1-16(8-11-6-13(18)7-11)10-15(19)17-4-2-14-12(9-17)3-5-20-14/h3,5,11,13,18H,2,4,6-10H2,1H3. The van der Waals surface area contributed by atoms with Gasteiger partial charge in [-0.15, -0.1) is 11.3 Å². The molecule has 0 radical (unpaired) electrons.